The SMILES string of the molecule is O=C(O)c1ccccc1CCC(=O)N1CCCC1c1ccc2c(c1)OCCO2. The molecule has 0 spiro atoms. The summed E-state index contributed by atoms with van der Waals surface area (Å²) < 4.78 is 11.3. The number of rotatable bonds is 5. The molecule has 1 amide bonds. The third-order valence-electron chi connectivity index (χ3n) is 5.38. The van der Waals surface area contributed by atoms with Crippen molar-refractivity contribution < 1.29 is 24.2 Å². The number of carbonyl (C=O) groups is 2. The maximum atomic E-state index is 12.9. The van der Waals surface area contributed by atoms with Crippen molar-refractivity contribution in [3.05, 3.63) is 59.2 Å². The van der Waals surface area contributed by atoms with Crippen LogP contribution in [0, 0.1) is 0 Å². The molecule has 2 aromatic carbocycles. The van der Waals surface area contributed by atoms with Gasteiger partial charge in [0.2, 0.25) is 5.91 Å². The average molecular weight is 381 g/mol. The van der Waals surface area contributed by atoms with E-state index in [-0.39, 0.29) is 17.5 Å². The van der Waals surface area contributed by atoms with E-state index >= 15 is 0 Å². The minimum absolute atomic E-state index is 0.0260. The van der Waals surface area contributed by atoms with E-state index in [1.54, 1.807) is 24.3 Å². The van der Waals surface area contributed by atoms with Gasteiger partial charge in [-0.05, 0) is 48.6 Å². The van der Waals surface area contributed by atoms with E-state index in [9.17, 15) is 14.7 Å². The quantitative estimate of drug-likeness (QED) is 0.858. The maximum absolute atomic E-state index is 12.9. The first kappa shape index (κ1) is 18.3. The van der Waals surface area contributed by atoms with Crippen LogP contribution >= 0.6 is 0 Å². The molecule has 0 radical (unpaired) electrons. The molecule has 2 aliphatic rings. The van der Waals surface area contributed by atoms with E-state index < -0.39 is 5.97 Å². The van der Waals surface area contributed by atoms with Gasteiger partial charge >= 0.3 is 5.97 Å². The Morgan fingerprint density at radius 3 is 2.68 bits per heavy atom. The first-order valence-electron chi connectivity index (χ1n) is 9.63. The molecule has 2 aliphatic heterocycles. The normalized spacial score (nSPS) is 18.1. The summed E-state index contributed by atoms with van der Waals surface area (Å²) in [6.07, 6.45) is 2.59. The molecule has 1 unspecified atom stereocenters. The van der Waals surface area contributed by atoms with Gasteiger partial charge in [0.25, 0.3) is 0 Å². The van der Waals surface area contributed by atoms with Crippen LogP contribution < -0.4 is 9.47 Å². The van der Waals surface area contributed by atoms with Crippen molar-refractivity contribution in [2.24, 2.45) is 0 Å². The van der Waals surface area contributed by atoms with Crippen molar-refractivity contribution in [2.45, 2.75) is 31.7 Å². The van der Waals surface area contributed by atoms with Crippen LogP contribution in [0.2, 0.25) is 0 Å². The largest absolute Gasteiger partial charge is 0.486 e. The molecule has 0 bridgehead atoms. The fourth-order valence-corrected chi connectivity index (χ4v) is 4.01. The second kappa shape index (κ2) is 7.92. The fourth-order valence-electron chi connectivity index (χ4n) is 4.01. The van der Waals surface area contributed by atoms with Crippen LogP contribution in [0.15, 0.2) is 42.5 Å². The number of carboxylic acid groups (broad SMARTS) is 1. The van der Waals surface area contributed by atoms with Crippen LogP contribution in [0.3, 0.4) is 0 Å². The maximum Gasteiger partial charge on any atom is 0.335 e. The molecular formula is C22H23NO5. The van der Waals surface area contributed by atoms with E-state index in [0.717, 1.165) is 36.4 Å². The molecule has 0 aliphatic carbocycles. The van der Waals surface area contributed by atoms with E-state index in [4.69, 9.17) is 9.47 Å². The van der Waals surface area contributed by atoms with Crippen LogP contribution in [0.1, 0.15) is 46.8 Å². The zero-order valence-electron chi connectivity index (χ0n) is 15.6. The number of hydrogen-bond donors (Lipinski definition) is 1. The highest BCUT2D eigenvalue weighted by molar-refractivity contribution is 5.89. The molecule has 4 rings (SSSR count). The number of hydrogen-bond acceptors (Lipinski definition) is 4. The summed E-state index contributed by atoms with van der Waals surface area (Å²) >= 11 is 0. The van der Waals surface area contributed by atoms with Crippen molar-refractivity contribution >= 4 is 11.9 Å². The highest BCUT2D eigenvalue weighted by atomic mass is 16.6. The van der Waals surface area contributed by atoms with Crippen LogP contribution in [-0.2, 0) is 11.2 Å². The number of fused-ring (bicyclic) bond motifs is 1. The van der Waals surface area contributed by atoms with Gasteiger partial charge in [-0.1, -0.05) is 24.3 Å². The lowest BCUT2D eigenvalue weighted by Gasteiger charge is -2.27. The van der Waals surface area contributed by atoms with Gasteiger partial charge in [-0.15, -0.1) is 0 Å². The number of likely N-dealkylation sites (tertiary alicyclic amines) is 1. The molecule has 2 heterocycles. The zero-order valence-corrected chi connectivity index (χ0v) is 15.6. The molecule has 28 heavy (non-hydrogen) atoms. The lowest BCUT2D eigenvalue weighted by atomic mass is 10.0. The number of ether oxygens (including phenoxy) is 2. The van der Waals surface area contributed by atoms with Crippen molar-refractivity contribution in [1.82, 2.24) is 4.90 Å². The van der Waals surface area contributed by atoms with Gasteiger partial charge in [-0.2, -0.15) is 0 Å². The number of amides is 1. The third kappa shape index (κ3) is 3.67. The summed E-state index contributed by atoms with van der Waals surface area (Å²) in [6.45, 7) is 1.81. The minimum atomic E-state index is -0.960. The van der Waals surface area contributed by atoms with Gasteiger partial charge < -0.3 is 19.5 Å². The molecule has 146 valence electrons. The molecule has 1 fully saturated rings. The van der Waals surface area contributed by atoms with Crippen molar-refractivity contribution in [2.75, 3.05) is 19.8 Å². The number of aromatic carboxylic acids is 1. The molecule has 6 nitrogen and oxygen atoms in total. The summed E-state index contributed by atoms with van der Waals surface area (Å²) in [5.41, 5.74) is 2.01. The predicted octanol–water partition coefficient (Wildman–Crippen LogP) is 3.45. The van der Waals surface area contributed by atoms with Gasteiger partial charge in [-0.3, -0.25) is 4.79 Å². The smallest absolute Gasteiger partial charge is 0.335 e. The standard InChI is InChI=1S/C22H23NO5/c24-21(10-8-15-4-1-2-5-17(15)22(25)26)23-11-3-6-18(23)16-7-9-19-20(14-16)28-13-12-27-19/h1-2,4-5,7,9,14,18H,3,6,8,10-13H2,(H,25,26). The number of nitrogens with zero attached hydrogens (tertiary/aromatic N) is 1. The highest BCUT2D eigenvalue weighted by Crippen LogP contribution is 2.38. The molecule has 1 atom stereocenters. The third-order valence-corrected chi connectivity index (χ3v) is 5.38. The fraction of sp³-hybridized carbons (Fsp3) is 0.364. The molecule has 1 N–H and O–H groups in total. The zero-order chi connectivity index (χ0) is 19.5. The lowest BCUT2D eigenvalue weighted by Crippen LogP contribution is -2.31. The highest BCUT2D eigenvalue weighted by Gasteiger charge is 2.30. The molecule has 2 aromatic rings. The Balaban J connectivity index is 1.46. The van der Waals surface area contributed by atoms with Gasteiger partial charge in [0, 0.05) is 13.0 Å². The summed E-state index contributed by atoms with van der Waals surface area (Å²) in [6, 6.07) is 12.8. The molecule has 0 saturated carbocycles. The second-order valence-corrected chi connectivity index (χ2v) is 7.11. The number of aryl methyl sites for hydroxylation is 1. The summed E-state index contributed by atoms with van der Waals surface area (Å²) in [7, 11) is 0. The van der Waals surface area contributed by atoms with E-state index in [2.05, 4.69) is 0 Å². The Morgan fingerprint density at radius 1 is 1.07 bits per heavy atom. The van der Waals surface area contributed by atoms with E-state index in [1.807, 2.05) is 23.1 Å². The molecule has 0 aromatic heterocycles. The topological polar surface area (TPSA) is 76.1 Å². The Morgan fingerprint density at radius 2 is 1.86 bits per heavy atom. The summed E-state index contributed by atoms with van der Waals surface area (Å²) in [5, 5.41) is 9.31. The number of carboxylic acids is 1. The van der Waals surface area contributed by atoms with Crippen LogP contribution in [0.4, 0.5) is 0 Å². The number of benzene rings is 2. The summed E-state index contributed by atoms with van der Waals surface area (Å²) in [5.74, 6) is 0.575. The Kier molecular flexibility index (Phi) is 5.19. The van der Waals surface area contributed by atoms with Crippen molar-refractivity contribution in [3.8, 4) is 11.5 Å². The summed E-state index contributed by atoms with van der Waals surface area (Å²) in [4.78, 5) is 26.2. The first-order valence-corrected chi connectivity index (χ1v) is 9.63. The monoisotopic (exact) mass is 381 g/mol. The molecule has 1 saturated heterocycles. The van der Waals surface area contributed by atoms with Gasteiger partial charge in [-0.25, -0.2) is 4.79 Å². The first-order chi connectivity index (χ1) is 13.6. The molecule has 6 heteroatoms. The van der Waals surface area contributed by atoms with Crippen molar-refractivity contribution in [1.29, 1.82) is 0 Å². The van der Waals surface area contributed by atoms with Gasteiger partial charge in [0.1, 0.15) is 13.2 Å². The second-order valence-electron chi connectivity index (χ2n) is 7.11. The van der Waals surface area contributed by atoms with E-state index in [0.29, 0.717) is 31.6 Å². The van der Waals surface area contributed by atoms with Crippen LogP contribution in [-0.4, -0.2) is 41.6 Å². The van der Waals surface area contributed by atoms with Crippen LogP contribution in [0.25, 0.3) is 0 Å². The number of carbonyl (C=O) groups excluding carboxylic acids is 1. The lowest BCUT2D eigenvalue weighted by molar-refractivity contribution is -0.132. The van der Waals surface area contributed by atoms with Crippen LogP contribution in [0.5, 0.6) is 11.5 Å². The molecular weight excluding hydrogens is 358 g/mol. The Bertz CT molecular complexity index is 894. The average Bonchev–Trinajstić information content (AvgIpc) is 3.22. The Labute approximate surface area is 163 Å². The minimum Gasteiger partial charge on any atom is -0.486 e. The predicted molar refractivity (Wildman–Crippen MR) is 103 cm³/mol. The van der Waals surface area contributed by atoms with Crippen molar-refractivity contribution in [3.63, 3.8) is 0 Å². The Hall–Kier alpha value is -3.02. The van der Waals surface area contributed by atoms with Gasteiger partial charge in [0.05, 0.1) is 11.6 Å². The van der Waals surface area contributed by atoms with Gasteiger partial charge in [0.15, 0.2) is 11.5 Å². The van der Waals surface area contributed by atoms with E-state index in [1.165, 1.54) is 0 Å².